The monoisotopic (exact) mass is 320 g/mol. The molecule has 9 heteroatoms. The Bertz CT molecular complexity index is 373. The highest BCUT2D eigenvalue weighted by molar-refractivity contribution is 6.60. The zero-order valence-electron chi connectivity index (χ0n) is 8.46. The summed E-state index contributed by atoms with van der Waals surface area (Å²) in [6.45, 7) is 1.71. The third-order valence-corrected chi connectivity index (χ3v) is 3.31. The molecule has 1 heterocycles. The first-order valence-electron chi connectivity index (χ1n) is 4.53. The van der Waals surface area contributed by atoms with Crippen LogP contribution in [0.25, 0.3) is 0 Å². The fourth-order valence-corrected chi connectivity index (χ4v) is 1.97. The first kappa shape index (κ1) is 14.9. The van der Waals surface area contributed by atoms with Crippen molar-refractivity contribution in [3.8, 4) is 0 Å². The molecular weight excluding hydrogens is 314 g/mol. The van der Waals surface area contributed by atoms with Crippen LogP contribution in [0.15, 0.2) is 20.4 Å². The molecule has 0 aromatic heterocycles. The number of nitrogens with zero attached hydrogens (tertiary/aromatic N) is 2. The van der Waals surface area contributed by atoms with Gasteiger partial charge >= 0.3 is 5.16 Å². The van der Waals surface area contributed by atoms with E-state index >= 15 is 0 Å². The Morgan fingerprint density at radius 2 is 1.71 bits per heavy atom. The maximum absolute atomic E-state index is 10.7. The third kappa shape index (κ3) is 3.89. The molecule has 0 radical (unpaired) electrons. The predicted molar refractivity (Wildman–Crippen MR) is 66.9 cm³/mol. The molecule has 0 amide bonds. The van der Waals surface area contributed by atoms with Gasteiger partial charge in [0.25, 0.3) is 0 Å². The zero-order chi connectivity index (χ0) is 13.0. The van der Waals surface area contributed by atoms with Crippen LogP contribution < -0.4 is 0 Å². The van der Waals surface area contributed by atoms with Crippen LogP contribution in [0.3, 0.4) is 0 Å². The van der Waals surface area contributed by atoms with Gasteiger partial charge in [-0.1, -0.05) is 34.8 Å². The van der Waals surface area contributed by atoms with E-state index in [2.05, 4.69) is 0 Å². The van der Waals surface area contributed by atoms with Crippen molar-refractivity contribution in [2.24, 2.45) is 0 Å². The molecule has 0 saturated carbocycles. The van der Waals surface area contributed by atoms with Crippen molar-refractivity contribution < 1.29 is 9.66 Å². The number of rotatable bonds is 3. The number of halogens is 4. The van der Waals surface area contributed by atoms with Crippen LogP contribution in [0.4, 0.5) is 0 Å². The van der Waals surface area contributed by atoms with Crippen LogP contribution in [0.2, 0.25) is 0 Å². The van der Waals surface area contributed by atoms with Gasteiger partial charge in [0.2, 0.25) is 0 Å². The quantitative estimate of drug-likeness (QED) is 0.347. The minimum Gasteiger partial charge on any atom is -0.378 e. The second kappa shape index (κ2) is 6.66. The second-order valence-electron chi connectivity index (χ2n) is 3.07. The summed E-state index contributed by atoms with van der Waals surface area (Å²) in [4.78, 5) is 11.6. The highest BCUT2D eigenvalue weighted by atomic mass is 35.5. The van der Waals surface area contributed by atoms with Crippen LogP contribution in [0, 0.1) is 10.1 Å². The topological polar surface area (TPSA) is 55.6 Å². The molecule has 0 aromatic rings. The number of ether oxygens (including phenoxy) is 1. The van der Waals surface area contributed by atoms with Gasteiger partial charge < -0.3 is 9.64 Å². The molecule has 1 fully saturated rings. The minimum atomic E-state index is -0.745. The Balaban J connectivity index is 3.15. The molecule has 5 nitrogen and oxygen atoms in total. The van der Waals surface area contributed by atoms with E-state index in [0.717, 1.165) is 0 Å². The Morgan fingerprint density at radius 3 is 2.12 bits per heavy atom. The zero-order valence-corrected chi connectivity index (χ0v) is 11.5. The van der Waals surface area contributed by atoms with Gasteiger partial charge in [0.1, 0.15) is 9.52 Å². The summed E-state index contributed by atoms with van der Waals surface area (Å²) < 4.78 is 4.86. The van der Waals surface area contributed by atoms with Gasteiger partial charge in [-0.05, 0) is 11.6 Å². The molecule has 1 saturated heterocycles. The van der Waals surface area contributed by atoms with Gasteiger partial charge in [0.15, 0.2) is 5.70 Å². The minimum absolute atomic E-state index is 0.0154. The first-order valence-corrected chi connectivity index (χ1v) is 6.04. The molecule has 0 atom stereocenters. The lowest BCUT2D eigenvalue weighted by atomic mass is 10.3. The van der Waals surface area contributed by atoms with Crippen LogP contribution in [-0.2, 0) is 4.74 Å². The smallest absolute Gasteiger partial charge is 0.362 e. The lowest BCUT2D eigenvalue weighted by Gasteiger charge is -2.29. The summed E-state index contributed by atoms with van der Waals surface area (Å²) in [5.41, 5.74) is 0.0154. The molecule has 0 N–H and O–H groups in total. The van der Waals surface area contributed by atoms with Crippen molar-refractivity contribution >= 4 is 46.4 Å². The fourth-order valence-electron chi connectivity index (χ4n) is 1.32. The van der Waals surface area contributed by atoms with Crippen molar-refractivity contribution in [1.29, 1.82) is 0 Å². The van der Waals surface area contributed by atoms with E-state index < -0.39 is 10.1 Å². The average molecular weight is 322 g/mol. The van der Waals surface area contributed by atoms with Gasteiger partial charge in [0.05, 0.1) is 18.1 Å². The van der Waals surface area contributed by atoms with E-state index in [9.17, 15) is 10.1 Å². The molecule has 1 aliphatic heterocycles. The maximum atomic E-state index is 10.7. The van der Waals surface area contributed by atoms with E-state index in [1.165, 1.54) is 0 Å². The maximum Gasteiger partial charge on any atom is 0.362 e. The van der Waals surface area contributed by atoms with Crippen molar-refractivity contribution in [2.45, 2.75) is 0 Å². The summed E-state index contributed by atoms with van der Waals surface area (Å²) in [5, 5.41) is 9.94. The largest absolute Gasteiger partial charge is 0.378 e. The molecule has 0 spiro atoms. The number of hydrogen-bond acceptors (Lipinski definition) is 4. The molecule has 0 bridgehead atoms. The van der Waals surface area contributed by atoms with Crippen molar-refractivity contribution in [3.63, 3.8) is 0 Å². The van der Waals surface area contributed by atoms with E-state index in [1.54, 1.807) is 4.90 Å². The van der Waals surface area contributed by atoms with Crippen LogP contribution in [0.5, 0.6) is 0 Å². The second-order valence-corrected chi connectivity index (χ2v) is 4.76. The molecule has 0 aliphatic carbocycles. The highest BCUT2D eigenvalue weighted by Crippen LogP contribution is 2.31. The van der Waals surface area contributed by atoms with Crippen molar-refractivity contribution in [3.05, 3.63) is 30.5 Å². The Labute approximate surface area is 118 Å². The van der Waals surface area contributed by atoms with Gasteiger partial charge in [-0.25, -0.2) is 0 Å². The van der Waals surface area contributed by atoms with Gasteiger partial charge in [-0.2, -0.15) is 0 Å². The number of nitro groups is 1. The molecule has 1 rings (SSSR count). The summed E-state index contributed by atoms with van der Waals surface area (Å²) in [6, 6.07) is 0. The van der Waals surface area contributed by atoms with Gasteiger partial charge in [-0.3, -0.25) is 10.1 Å². The molecule has 17 heavy (non-hydrogen) atoms. The fraction of sp³-hybridized carbons (Fsp3) is 0.500. The first-order chi connectivity index (χ1) is 7.95. The van der Waals surface area contributed by atoms with Crippen LogP contribution >= 0.6 is 46.4 Å². The lowest BCUT2D eigenvalue weighted by Crippen LogP contribution is -2.36. The Morgan fingerprint density at radius 1 is 1.18 bits per heavy atom. The van der Waals surface area contributed by atoms with Crippen LogP contribution in [0.1, 0.15) is 0 Å². The summed E-state index contributed by atoms with van der Waals surface area (Å²) >= 11 is 22.5. The Kier molecular flexibility index (Phi) is 5.82. The molecule has 96 valence electrons. The number of morpholine rings is 1. The third-order valence-electron chi connectivity index (χ3n) is 2.06. The lowest BCUT2D eigenvalue weighted by molar-refractivity contribution is -0.414. The summed E-state index contributed by atoms with van der Waals surface area (Å²) in [5.74, 6) is 0. The molecule has 0 aromatic carbocycles. The molecular formula is C8H8Cl4N2O3. The highest BCUT2D eigenvalue weighted by Gasteiger charge is 2.27. The van der Waals surface area contributed by atoms with Crippen molar-refractivity contribution in [2.75, 3.05) is 26.3 Å². The van der Waals surface area contributed by atoms with E-state index in [0.29, 0.717) is 26.3 Å². The van der Waals surface area contributed by atoms with Gasteiger partial charge in [-0.15, -0.1) is 0 Å². The summed E-state index contributed by atoms with van der Waals surface area (Å²) in [7, 11) is 0. The van der Waals surface area contributed by atoms with Gasteiger partial charge in [0, 0.05) is 13.1 Å². The SMILES string of the molecule is O=[N+]([O-])/C(Cl)=C(\C(Cl)=C(Cl)Cl)N1CCOCC1. The normalized spacial score (nSPS) is 17.5. The van der Waals surface area contributed by atoms with E-state index in [1.807, 2.05) is 0 Å². The van der Waals surface area contributed by atoms with Crippen LogP contribution in [-0.4, -0.2) is 36.1 Å². The van der Waals surface area contributed by atoms with Crippen molar-refractivity contribution in [1.82, 2.24) is 4.90 Å². The molecule has 1 aliphatic rings. The summed E-state index contributed by atoms with van der Waals surface area (Å²) in [6.07, 6.45) is 0. The Hall–Kier alpha value is -0.200. The predicted octanol–water partition coefficient (Wildman–Crippen LogP) is 2.89. The number of allylic oxidation sites excluding steroid dienone is 1. The molecule has 0 unspecified atom stereocenters. The van der Waals surface area contributed by atoms with E-state index in [-0.39, 0.29) is 15.2 Å². The number of hydrogen-bond donors (Lipinski definition) is 0. The standard InChI is InChI=1S/C8H8Cl4N2O3/c9-5(7(10)11)6(8(12)14(15)16)13-1-3-17-4-2-13/h1-4H2/b8-6+. The van der Waals surface area contributed by atoms with E-state index in [4.69, 9.17) is 51.1 Å². The average Bonchev–Trinajstić information content (AvgIpc) is 2.30.